The van der Waals surface area contributed by atoms with Crippen molar-refractivity contribution in [2.24, 2.45) is 0 Å². The third kappa shape index (κ3) is 3.31. The molecule has 1 atom stereocenters. The van der Waals surface area contributed by atoms with Gasteiger partial charge in [-0.3, -0.25) is 9.10 Å². The summed E-state index contributed by atoms with van der Waals surface area (Å²) >= 11 is 0. The summed E-state index contributed by atoms with van der Waals surface area (Å²) in [7, 11) is -3.78. The average molecular weight is 410 g/mol. The summed E-state index contributed by atoms with van der Waals surface area (Å²) in [6, 6.07) is 17.2. The Morgan fingerprint density at radius 1 is 1.07 bits per heavy atom. The van der Waals surface area contributed by atoms with Gasteiger partial charge in [0.1, 0.15) is 11.8 Å². The van der Waals surface area contributed by atoms with E-state index in [4.69, 9.17) is 4.74 Å². The monoisotopic (exact) mass is 410 g/mol. The van der Waals surface area contributed by atoms with Gasteiger partial charge in [-0.15, -0.1) is 0 Å². The van der Waals surface area contributed by atoms with Crippen LogP contribution in [0.3, 0.4) is 0 Å². The van der Waals surface area contributed by atoms with Gasteiger partial charge in [0.15, 0.2) is 0 Å². The predicted molar refractivity (Wildman–Crippen MR) is 113 cm³/mol. The fourth-order valence-corrected chi connectivity index (χ4v) is 5.52. The van der Waals surface area contributed by atoms with Gasteiger partial charge in [0.05, 0.1) is 17.2 Å². The van der Waals surface area contributed by atoms with Crippen LogP contribution in [0.4, 0.5) is 5.69 Å². The van der Waals surface area contributed by atoms with Gasteiger partial charge in [0.2, 0.25) is 5.91 Å². The molecule has 0 saturated carbocycles. The first-order valence-electron chi connectivity index (χ1n) is 9.49. The lowest BCUT2D eigenvalue weighted by molar-refractivity contribution is -0.122. The second-order valence-corrected chi connectivity index (χ2v) is 8.69. The smallest absolute Gasteiger partial charge is 0.265 e. The molecule has 1 heterocycles. The molecule has 1 aliphatic heterocycles. The number of nitrogens with one attached hydrogen (secondary N) is 1. The molecule has 3 aromatic rings. The molecule has 0 fully saturated rings. The van der Waals surface area contributed by atoms with E-state index >= 15 is 0 Å². The van der Waals surface area contributed by atoms with Crippen molar-refractivity contribution in [2.75, 3.05) is 10.9 Å². The van der Waals surface area contributed by atoms with Gasteiger partial charge in [-0.25, -0.2) is 8.42 Å². The number of nitrogens with zero attached hydrogens (tertiary/aromatic N) is 1. The summed E-state index contributed by atoms with van der Waals surface area (Å²) in [6.45, 7) is 4.42. The molecular weight excluding hydrogens is 388 g/mol. The Kier molecular flexibility index (Phi) is 4.92. The SMILES string of the molecule is CCOc1ccc(CNC(=O)[C@@H](C)N2c3cccc4cccc(c34)S2(=O)=O)cc1. The minimum atomic E-state index is -3.78. The Morgan fingerprint density at radius 2 is 1.76 bits per heavy atom. The van der Waals surface area contributed by atoms with Gasteiger partial charge in [0, 0.05) is 11.9 Å². The maximum Gasteiger partial charge on any atom is 0.265 e. The number of hydrogen-bond donors (Lipinski definition) is 1. The summed E-state index contributed by atoms with van der Waals surface area (Å²) in [4.78, 5) is 13.0. The minimum Gasteiger partial charge on any atom is -0.494 e. The maximum absolute atomic E-state index is 13.1. The highest BCUT2D eigenvalue weighted by Crippen LogP contribution is 2.43. The Morgan fingerprint density at radius 3 is 2.45 bits per heavy atom. The van der Waals surface area contributed by atoms with Gasteiger partial charge in [-0.05, 0) is 49.1 Å². The molecule has 150 valence electrons. The van der Waals surface area contributed by atoms with Crippen LogP contribution in [0.25, 0.3) is 10.8 Å². The van der Waals surface area contributed by atoms with Crippen LogP contribution in [0.2, 0.25) is 0 Å². The summed E-state index contributed by atoms with van der Waals surface area (Å²) in [5, 5.41) is 4.35. The van der Waals surface area contributed by atoms with E-state index in [-0.39, 0.29) is 10.8 Å². The van der Waals surface area contributed by atoms with Crippen LogP contribution in [-0.4, -0.2) is 27.0 Å². The van der Waals surface area contributed by atoms with Crippen molar-refractivity contribution in [1.82, 2.24) is 5.32 Å². The summed E-state index contributed by atoms with van der Waals surface area (Å²) in [5.74, 6) is 0.414. The molecule has 0 aromatic heterocycles. The number of carbonyl (C=O) groups excluding carboxylic acids is 1. The van der Waals surface area contributed by atoms with Crippen molar-refractivity contribution in [1.29, 1.82) is 0 Å². The van der Waals surface area contributed by atoms with Gasteiger partial charge >= 0.3 is 0 Å². The van der Waals surface area contributed by atoms with E-state index in [2.05, 4.69) is 5.32 Å². The zero-order valence-corrected chi connectivity index (χ0v) is 17.1. The van der Waals surface area contributed by atoms with Crippen molar-refractivity contribution >= 4 is 32.4 Å². The van der Waals surface area contributed by atoms with Crippen molar-refractivity contribution in [3.63, 3.8) is 0 Å². The molecule has 7 heteroatoms. The zero-order valence-electron chi connectivity index (χ0n) is 16.3. The Hall–Kier alpha value is -3.06. The fraction of sp³-hybridized carbons (Fsp3) is 0.227. The molecule has 0 radical (unpaired) electrons. The van der Waals surface area contributed by atoms with Crippen LogP contribution >= 0.6 is 0 Å². The van der Waals surface area contributed by atoms with Gasteiger partial charge in [-0.2, -0.15) is 0 Å². The minimum absolute atomic E-state index is 0.247. The number of carbonyl (C=O) groups is 1. The Balaban J connectivity index is 1.54. The van der Waals surface area contributed by atoms with E-state index in [0.29, 0.717) is 24.2 Å². The van der Waals surface area contributed by atoms with Crippen LogP contribution in [0.15, 0.2) is 65.6 Å². The largest absolute Gasteiger partial charge is 0.494 e. The standard InChI is InChI=1S/C22H22N2O4S/c1-3-28-18-12-10-16(11-13-18)14-23-22(25)15(2)24-19-8-4-6-17-7-5-9-20(21(17)19)29(24,26)27/h4-13,15H,3,14H2,1-2H3,(H,23,25)/t15-/m1/s1. The van der Waals surface area contributed by atoms with E-state index in [1.807, 2.05) is 43.3 Å². The lowest BCUT2D eigenvalue weighted by atomic mass is 10.1. The molecular formula is C22H22N2O4S. The highest BCUT2D eigenvalue weighted by Gasteiger charge is 2.40. The molecule has 0 unspecified atom stereocenters. The van der Waals surface area contributed by atoms with Crippen molar-refractivity contribution in [3.05, 3.63) is 66.2 Å². The average Bonchev–Trinajstić information content (AvgIpc) is 2.95. The van der Waals surface area contributed by atoms with E-state index in [1.54, 1.807) is 31.2 Å². The molecule has 0 spiro atoms. The van der Waals surface area contributed by atoms with E-state index in [9.17, 15) is 13.2 Å². The highest BCUT2D eigenvalue weighted by atomic mass is 32.2. The first kappa shape index (κ1) is 19.3. The topological polar surface area (TPSA) is 75.7 Å². The van der Waals surface area contributed by atoms with Crippen LogP contribution in [-0.2, 0) is 21.4 Å². The molecule has 1 amide bonds. The van der Waals surface area contributed by atoms with Crippen LogP contribution < -0.4 is 14.4 Å². The number of anilines is 1. The molecule has 0 aliphatic carbocycles. The van der Waals surface area contributed by atoms with Crippen LogP contribution in [0, 0.1) is 0 Å². The van der Waals surface area contributed by atoms with Gasteiger partial charge in [-0.1, -0.05) is 36.4 Å². The molecule has 1 aliphatic rings. The number of amides is 1. The fourth-order valence-electron chi connectivity index (χ4n) is 3.65. The maximum atomic E-state index is 13.1. The second kappa shape index (κ2) is 7.40. The molecule has 0 bridgehead atoms. The number of sulfonamides is 1. The molecule has 4 rings (SSSR count). The number of benzene rings is 3. The molecule has 0 saturated heterocycles. The quantitative estimate of drug-likeness (QED) is 0.675. The summed E-state index contributed by atoms with van der Waals surface area (Å²) in [5.41, 5.74) is 1.45. The summed E-state index contributed by atoms with van der Waals surface area (Å²) in [6.07, 6.45) is 0. The first-order chi connectivity index (χ1) is 13.9. The van der Waals surface area contributed by atoms with Gasteiger partial charge < -0.3 is 10.1 Å². The zero-order chi connectivity index (χ0) is 20.6. The number of rotatable bonds is 6. The predicted octanol–water partition coefficient (Wildman–Crippen LogP) is 3.45. The summed E-state index contributed by atoms with van der Waals surface area (Å²) < 4.78 is 32.9. The van der Waals surface area contributed by atoms with E-state index in [0.717, 1.165) is 16.7 Å². The number of ether oxygens (including phenoxy) is 1. The first-order valence-corrected chi connectivity index (χ1v) is 10.9. The lowest BCUT2D eigenvalue weighted by Gasteiger charge is -2.25. The molecule has 29 heavy (non-hydrogen) atoms. The van der Waals surface area contributed by atoms with Gasteiger partial charge in [0.25, 0.3) is 10.0 Å². The number of hydrogen-bond acceptors (Lipinski definition) is 4. The van der Waals surface area contributed by atoms with Crippen LogP contribution in [0.5, 0.6) is 5.75 Å². The van der Waals surface area contributed by atoms with Crippen molar-refractivity contribution in [2.45, 2.75) is 31.3 Å². The van der Waals surface area contributed by atoms with Crippen molar-refractivity contribution in [3.8, 4) is 5.75 Å². The molecule has 3 aromatic carbocycles. The second-order valence-electron chi connectivity index (χ2n) is 6.90. The Labute approximate surface area is 170 Å². The van der Waals surface area contributed by atoms with E-state index < -0.39 is 16.1 Å². The normalized spacial score (nSPS) is 15.3. The van der Waals surface area contributed by atoms with E-state index in [1.165, 1.54) is 4.31 Å². The third-order valence-corrected chi connectivity index (χ3v) is 6.98. The Bertz CT molecular complexity index is 1170. The third-order valence-electron chi connectivity index (χ3n) is 5.05. The lowest BCUT2D eigenvalue weighted by Crippen LogP contribution is -2.46. The highest BCUT2D eigenvalue weighted by molar-refractivity contribution is 7.93. The van der Waals surface area contributed by atoms with Crippen molar-refractivity contribution < 1.29 is 17.9 Å². The van der Waals surface area contributed by atoms with Crippen LogP contribution in [0.1, 0.15) is 19.4 Å². The molecule has 1 N–H and O–H groups in total. The molecule has 6 nitrogen and oxygen atoms in total.